The molecule has 16 heavy (non-hydrogen) atoms. The van der Waals surface area contributed by atoms with E-state index in [2.05, 4.69) is 21.1 Å². The highest BCUT2D eigenvalue weighted by Crippen LogP contribution is 2.22. The molecule has 0 aliphatic carbocycles. The van der Waals surface area contributed by atoms with Gasteiger partial charge in [0.25, 0.3) is 0 Å². The monoisotopic (exact) mass is 221 g/mol. The molecule has 88 valence electrons. The van der Waals surface area contributed by atoms with E-state index in [1.165, 1.54) is 18.7 Å². The van der Waals surface area contributed by atoms with Crippen molar-refractivity contribution in [3.05, 3.63) is 17.7 Å². The maximum absolute atomic E-state index is 10.3. The summed E-state index contributed by atoms with van der Waals surface area (Å²) in [5, 5.41) is 13.5. The van der Waals surface area contributed by atoms with Gasteiger partial charge in [0.15, 0.2) is 0 Å². The molecule has 1 saturated heterocycles. The van der Waals surface area contributed by atoms with E-state index in [0.29, 0.717) is 13.0 Å². The van der Waals surface area contributed by atoms with E-state index in [9.17, 15) is 5.11 Å². The zero-order chi connectivity index (χ0) is 11.0. The van der Waals surface area contributed by atoms with Crippen molar-refractivity contribution in [3.63, 3.8) is 0 Å². The number of rotatable bonds is 2. The molecule has 0 bridgehead atoms. The fourth-order valence-corrected chi connectivity index (χ4v) is 2.78. The number of nitrogens with one attached hydrogen (secondary N) is 1. The number of hydrogen-bond acceptors (Lipinski definition) is 3. The number of β-amino-alcohol motifs (C(OH)–C–C–N with tert-alkyl or cyclic N) is 1. The topological polar surface area (TPSA) is 50.1 Å². The molecule has 3 rings (SSSR count). The maximum atomic E-state index is 10.3. The van der Waals surface area contributed by atoms with E-state index < -0.39 is 5.60 Å². The van der Waals surface area contributed by atoms with Crippen LogP contribution in [0.25, 0.3) is 0 Å². The minimum absolute atomic E-state index is 0.565. The van der Waals surface area contributed by atoms with Gasteiger partial charge < -0.3 is 15.0 Å². The number of nitrogens with zero attached hydrogens (tertiary/aromatic N) is 2. The average Bonchev–Trinajstić information content (AvgIpc) is 2.84. The minimum atomic E-state index is -0.565. The minimum Gasteiger partial charge on any atom is -0.388 e. The van der Waals surface area contributed by atoms with Crippen LogP contribution in [0.1, 0.15) is 30.8 Å². The second-order valence-corrected chi connectivity index (χ2v) is 5.13. The normalized spacial score (nSPS) is 29.3. The molecule has 1 aromatic heterocycles. The highest BCUT2D eigenvalue weighted by atomic mass is 16.3. The molecule has 3 heterocycles. The first-order valence-corrected chi connectivity index (χ1v) is 6.23. The molecule has 1 aromatic rings. The first-order valence-electron chi connectivity index (χ1n) is 6.23. The molecule has 2 N–H and O–H groups in total. The fourth-order valence-electron chi connectivity index (χ4n) is 2.78. The van der Waals surface area contributed by atoms with Crippen LogP contribution in [-0.2, 0) is 19.4 Å². The number of fused-ring (bicyclic) bond motifs is 1. The lowest BCUT2D eigenvalue weighted by Crippen LogP contribution is -2.33. The Labute approximate surface area is 95.7 Å². The molecule has 1 atom stereocenters. The standard InChI is InChI=1S/C12H19N3O/c16-12(4-5-13-9-12)7-10-8-15-6-2-1-3-11(15)14-10/h8,13,16H,1-7,9H2. The first-order chi connectivity index (χ1) is 7.75. The van der Waals surface area contributed by atoms with E-state index in [4.69, 9.17) is 0 Å². The van der Waals surface area contributed by atoms with E-state index in [1.54, 1.807) is 0 Å². The van der Waals surface area contributed by atoms with Crippen LogP contribution in [0.5, 0.6) is 0 Å². The van der Waals surface area contributed by atoms with Gasteiger partial charge in [0, 0.05) is 32.1 Å². The van der Waals surface area contributed by atoms with Gasteiger partial charge in [0.05, 0.1) is 11.3 Å². The Balaban J connectivity index is 1.77. The van der Waals surface area contributed by atoms with Gasteiger partial charge in [0.2, 0.25) is 0 Å². The lowest BCUT2D eigenvalue weighted by molar-refractivity contribution is 0.0609. The highest BCUT2D eigenvalue weighted by molar-refractivity contribution is 5.10. The van der Waals surface area contributed by atoms with Gasteiger partial charge in [-0.05, 0) is 25.8 Å². The second kappa shape index (κ2) is 3.86. The Hall–Kier alpha value is -0.870. The summed E-state index contributed by atoms with van der Waals surface area (Å²) < 4.78 is 2.25. The summed E-state index contributed by atoms with van der Waals surface area (Å²) in [5.41, 5.74) is 0.493. The van der Waals surface area contributed by atoms with Crippen LogP contribution in [0.2, 0.25) is 0 Å². The van der Waals surface area contributed by atoms with Crippen molar-refractivity contribution in [2.75, 3.05) is 13.1 Å². The molecule has 1 unspecified atom stereocenters. The Morgan fingerprint density at radius 2 is 2.44 bits per heavy atom. The predicted molar refractivity (Wildman–Crippen MR) is 61.3 cm³/mol. The summed E-state index contributed by atoms with van der Waals surface area (Å²) in [7, 11) is 0. The zero-order valence-electron chi connectivity index (χ0n) is 9.58. The molecule has 0 aromatic carbocycles. The van der Waals surface area contributed by atoms with E-state index >= 15 is 0 Å². The molecule has 4 nitrogen and oxygen atoms in total. The Morgan fingerprint density at radius 3 is 3.19 bits per heavy atom. The molecule has 0 amide bonds. The Bertz CT molecular complexity index is 356. The number of aryl methyl sites for hydroxylation is 2. The van der Waals surface area contributed by atoms with Gasteiger partial charge in [-0.25, -0.2) is 4.98 Å². The van der Waals surface area contributed by atoms with Crippen LogP contribution in [0.3, 0.4) is 0 Å². The molecule has 2 aliphatic rings. The first kappa shape index (κ1) is 10.3. The van der Waals surface area contributed by atoms with E-state index in [-0.39, 0.29) is 0 Å². The lowest BCUT2D eigenvalue weighted by atomic mass is 9.97. The molecular formula is C12H19N3O. The van der Waals surface area contributed by atoms with Crippen molar-refractivity contribution in [3.8, 4) is 0 Å². The summed E-state index contributed by atoms with van der Waals surface area (Å²) >= 11 is 0. The van der Waals surface area contributed by atoms with Crippen LogP contribution in [0, 0.1) is 0 Å². The SMILES string of the molecule is OC1(Cc2cn3c(n2)CCCC3)CCNC1. The largest absolute Gasteiger partial charge is 0.388 e. The average molecular weight is 221 g/mol. The van der Waals surface area contributed by atoms with Gasteiger partial charge in [0.1, 0.15) is 5.82 Å². The van der Waals surface area contributed by atoms with Gasteiger partial charge >= 0.3 is 0 Å². The van der Waals surface area contributed by atoms with Crippen molar-refractivity contribution in [1.82, 2.24) is 14.9 Å². The van der Waals surface area contributed by atoms with Crippen molar-refractivity contribution in [1.29, 1.82) is 0 Å². The van der Waals surface area contributed by atoms with Crippen LogP contribution < -0.4 is 5.32 Å². The summed E-state index contributed by atoms with van der Waals surface area (Å²) in [6.07, 6.45) is 7.27. The van der Waals surface area contributed by atoms with Crippen molar-refractivity contribution in [2.45, 2.75) is 44.2 Å². The van der Waals surface area contributed by atoms with Crippen LogP contribution >= 0.6 is 0 Å². The Kier molecular flexibility index (Phi) is 2.48. The van der Waals surface area contributed by atoms with Crippen LogP contribution in [0.4, 0.5) is 0 Å². The second-order valence-electron chi connectivity index (χ2n) is 5.13. The number of aromatic nitrogens is 2. The van der Waals surface area contributed by atoms with Crippen molar-refractivity contribution < 1.29 is 5.11 Å². The van der Waals surface area contributed by atoms with E-state index in [1.807, 2.05) is 0 Å². The Morgan fingerprint density at radius 1 is 1.50 bits per heavy atom. The van der Waals surface area contributed by atoms with Gasteiger partial charge in [-0.1, -0.05) is 0 Å². The van der Waals surface area contributed by atoms with Gasteiger partial charge in [-0.3, -0.25) is 0 Å². The number of aliphatic hydroxyl groups is 1. The molecular weight excluding hydrogens is 202 g/mol. The summed E-state index contributed by atoms with van der Waals surface area (Å²) in [6, 6.07) is 0. The molecule has 4 heteroatoms. The van der Waals surface area contributed by atoms with Crippen molar-refractivity contribution in [2.24, 2.45) is 0 Å². The summed E-state index contributed by atoms with van der Waals surface area (Å²) in [4.78, 5) is 4.63. The number of hydrogen-bond donors (Lipinski definition) is 2. The lowest BCUT2D eigenvalue weighted by Gasteiger charge is -2.19. The summed E-state index contributed by atoms with van der Waals surface area (Å²) in [5.74, 6) is 1.20. The van der Waals surface area contributed by atoms with Crippen LogP contribution in [-0.4, -0.2) is 33.3 Å². The highest BCUT2D eigenvalue weighted by Gasteiger charge is 2.32. The van der Waals surface area contributed by atoms with Crippen LogP contribution in [0.15, 0.2) is 6.20 Å². The molecule has 1 fully saturated rings. The third kappa shape index (κ3) is 1.87. The molecule has 2 aliphatic heterocycles. The number of imidazole rings is 1. The quantitative estimate of drug-likeness (QED) is 0.764. The smallest absolute Gasteiger partial charge is 0.108 e. The molecule has 0 spiro atoms. The maximum Gasteiger partial charge on any atom is 0.108 e. The molecule has 0 saturated carbocycles. The third-order valence-corrected chi connectivity index (χ3v) is 3.69. The van der Waals surface area contributed by atoms with E-state index in [0.717, 1.165) is 31.6 Å². The zero-order valence-corrected chi connectivity index (χ0v) is 9.58. The van der Waals surface area contributed by atoms with Gasteiger partial charge in [-0.15, -0.1) is 0 Å². The van der Waals surface area contributed by atoms with Gasteiger partial charge in [-0.2, -0.15) is 0 Å². The van der Waals surface area contributed by atoms with Crippen molar-refractivity contribution >= 4 is 0 Å². The summed E-state index contributed by atoms with van der Waals surface area (Å²) in [6.45, 7) is 2.72. The predicted octanol–water partition coefficient (Wildman–Crippen LogP) is 0.486. The third-order valence-electron chi connectivity index (χ3n) is 3.69. The fraction of sp³-hybridized carbons (Fsp3) is 0.750. The molecule has 0 radical (unpaired) electrons.